The summed E-state index contributed by atoms with van der Waals surface area (Å²) in [5, 5.41) is 7.95. The monoisotopic (exact) mass is 426 g/mol. The average Bonchev–Trinajstić information content (AvgIpc) is 3.43. The molecule has 3 heterocycles. The highest BCUT2D eigenvalue weighted by atomic mass is 35.5. The third-order valence-corrected chi connectivity index (χ3v) is 5.97. The predicted molar refractivity (Wildman–Crippen MR) is 116 cm³/mol. The van der Waals surface area contributed by atoms with Gasteiger partial charge in [0, 0.05) is 30.2 Å². The van der Waals surface area contributed by atoms with E-state index in [9.17, 15) is 4.79 Å². The number of likely N-dealkylation sites (tertiary alicyclic amines) is 1. The number of amides is 1. The van der Waals surface area contributed by atoms with Crippen molar-refractivity contribution in [1.29, 1.82) is 0 Å². The normalized spacial score (nSPS) is 16.7. The molecule has 6 nitrogen and oxygen atoms in total. The predicted octanol–water partition coefficient (Wildman–Crippen LogP) is 5.00. The van der Waals surface area contributed by atoms with E-state index in [1.165, 1.54) is 0 Å². The molecule has 3 aromatic rings. The van der Waals surface area contributed by atoms with Crippen LogP contribution in [0.25, 0.3) is 0 Å². The van der Waals surface area contributed by atoms with Crippen LogP contribution < -0.4 is 0 Å². The Morgan fingerprint density at radius 3 is 3.07 bits per heavy atom. The maximum absolute atomic E-state index is 12.9. The van der Waals surface area contributed by atoms with Gasteiger partial charge in [-0.1, -0.05) is 43.1 Å². The Kier molecular flexibility index (Phi) is 6.53. The van der Waals surface area contributed by atoms with Gasteiger partial charge in [-0.05, 0) is 43.4 Å². The van der Waals surface area contributed by atoms with E-state index in [2.05, 4.69) is 22.1 Å². The molecular formula is C23H27ClN4O2. The molecule has 4 rings (SSSR count). The third-order valence-electron chi connectivity index (χ3n) is 5.60. The van der Waals surface area contributed by atoms with Crippen molar-refractivity contribution in [1.82, 2.24) is 20.1 Å². The quantitative estimate of drug-likeness (QED) is 0.576. The number of aromatic nitrogens is 3. The fourth-order valence-corrected chi connectivity index (χ4v) is 4.12. The first-order valence-electron chi connectivity index (χ1n) is 10.7. The number of aromatic amines is 1. The number of H-pyrrole nitrogens is 1. The Balaban J connectivity index is 1.40. The van der Waals surface area contributed by atoms with Crippen molar-refractivity contribution in [3.8, 4) is 0 Å². The summed E-state index contributed by atoms with van der Waals surface area (Å²) in [5.41, 5.74) is 2.53. The van der Waals surface area contributed by atoms with Crippen LogP contribution in [0.2, 0.25) is 5.02 Å². The first-order valence-corrected chi connectivity index (χ1v) is 11.0. The Hall–Kier alpha value is -2.60. The van der Waals surface area contributed by atoms with Crippen LogP contribution in [0.4, 0.5) is 0 Å². The van der Waals surface area contributed by atoms with Crippen molar-refractivity contribution in [3.63, 3.8) is 0 Å². The molecule has 0 saturated carbocycles. The SMILES string of the molecule is CCCCc1cc(C(=O)N2CCC[C@H](c3ncc(Cc4ccccc4Cl)o3)C2)n[nH]1. The largest absolute Gasteiger partial charge is 0.445 e. The van der Waals surface area contributed by atoms with E-state index < -0.39 is 0 Å². The van der Waals surface area contributed by atoms with Crippen LogP contribution in [0, 0.1) is 0 Å². The molecule has 1 saturated heterocycles. The molecule has 2 aromatic heterocycles. The number of carbonyl (C=O) groups excluding carboxylic acids is 1. The lowest BCUT2D eigenvalue weighted by atomic mass is 9.97. The van der Waals surface area contributed by atoms with Gasteiger partial charge in [0.2, 0.25) is 0 Å². The first kappa shape index (κ1) is 20.7. The number of rotatable bonds is 7. The maximum Gasteiger partial charge on any atom is 0.274 e. The molecule has 0 spiro atoms. The second-order valence-electron chi connectivity index (χ2n) is 7.91. The van der Waals surface area contributed by atoms with E-state index in [4.69, 9.17) is 16.0 Å². The van der Waals surface area contributed by atoms with Crippen LogP contribution in [0.5, 0.6) is 0 Å². The first-order chi connectivity index (χ1) is 14.6. The number of nitrogens with zero attached hydrogens (tertiary/aromatic N) is 3. The summed E-state index contributed by atoms with van der Waals surface area (Å²) in [4.78, 5) is 19.3. The van der Waals surface area contributed by atoms with Gasteiger partial charge in [0.05, 0.1) is 12.1 Å². The second-order valence-corrected chi connectivity index (χ2v) is 8.31. The number of aryl methyl sites for hydroxylation is 1. The number of hydrogen-bond acceptors (Lipinski definition) is 4. The molecule has 1 amide bonds. The van der Waals surface area contributed by atoms with Crippen LogP contribution in [0.1, 0.15) is 71.9 Å². The number of piperidine rings is 1. The van der Waals surface area contributed by atoms with Gasteiger partial charge in [0.25, 0.3) is 5.91 Å². The van der Waals surface area contributed by atoms with Gasteiger partial charge in [-0.15, -0.1) is 0 Å². The molecule has 0 aliphatic carbocycles. The molecule has 7 heteroatoms. The average molecular weight is 427 g/mol. The second kappa shape index (κ2) is 9.47. The van der Waals surface area contributed by atoms with E-state index in [0.717, 1.165) is 60.7 Å². The summed E-state index contributed by atoms with van der Waals surface area (Å²) < 4.78 is 6.03. The number of benzene rings is 1. The van der Waals surface area contributed by atoms with Gasteiger partial charge >= 0.3 is 0 Å². The standard InChI is InChI=1S/C23H27ClN4O2/c1-2-3-9-18-13-21(27-26-18)23(29)28-11-6-8-17(15-28)22-25-14-19(30-22)12-16-7-4-5-10-20(16)24/h4-5,7,10,13-14,17H,2-3,6,8-9,11-12,15H2,1H3,(H,26,27)/t17-/m0/s1. The maximum atomic E-state index is 12.9. The van der Waals surface area contributed by atoms with Crippen LogP contribution >= 0.6 is 11.6 Å². The van der Waals surface area contributed by atoms with E-state index in [1.54, 1.807) is 6.20 Å². The van der Waals surface area contributed by atoms with Crippen LogP contribution in [-0.4, -0.2) is 39.1 Å². The summed E-state index contributed by atoms with van der Waals surface area (Å²) in [7, 11) is 0. The van der Waals surface area contributed by atoms with Crippen LogP contribution in [-0.2, 0) is 12.8 Å². The minimum atomic E-state index is -0.0263. The van der Waals surface area contributed by atoms with Crippen molar-refractivity contribution < 1.29 is 9.21 Å². The van der Waals surface area contributed by atoms with Gasteiger partial charge < -0.3 is 9.32 Å². The number of unbranched alkanes of at least 4 members (excludes halogenated alkanes) is 1. The molecular weight excluding hydrogens is 400 g/mol. The molecule has 158 valence electrons. The molecule has 1 fully saturated rings. The number of carbonyl (C=O) groups is 1. The van der Waals surface area contributed by atoms with Gasteiger partial charge in [0.1, 0.15) is 11.5 Å². The van der Waals surface area contributed by atoms with E-state index in [-0.39, 0.29) is 11.8 Å². The molecule has 1 atom stereocenters. The smallest absolute Gasteiger partial charge is 0.274 e. The van der Waals surface area contributed by atoms with Crippen molar-refractivity contribution >= 4 is 17.5 Å². The van der Waals surface area contributed by atoms with Gasteiger partial charge in [-0.25, -0.2) is 4.98 Å². The topological polar surface area (TPSA) is 75.0 Å². The molecule has 0 radical (unpaired) electrons. The summed E-state index contributed by atoms with van der Waals surface area (Å²) in [5.74, 6) is 1.55. The lowest BCUT2D eigenvalue weighted by molar-refractivity contribution is 0.0692. The van der Waals surface area contributed by atoms with Gasteiger partial charge in [0.15, 0.2) is 5.89 Å². The zero-order valence-corrected chi connectivity index (χ0v) is 18.0. The molecule has 1 aliphatic rings. The highest BCUT2D eigenvalue weighted by Crippen LogP contribution is 2.28. The zero-order valence-electron chi connectivity index (χ0n) is 17.2. The number of nitrogens with one attached hydrogen (secondary N) is 1. The van der Waals surface area contributed by atoms with Crippen LogP contribution in [0.3, 0.4) is 0 Å². The molecule has 0 unspecified atom stereocenters. The molecule has 0 bridgehead atoms. The lowest BCUT2D eigenvalue weighted by Crippen LogP contribution is -2.39. The molecule has 1 aliphatic heterocycles. The zero-order chi connectivity index (χ0) is 20.9. The Bertz CT molecular complexity index is 997. The summed E-state index contributed by atoms with van der Waals surface area (Å²) in [6, 6.07) is 9.63. The molecule has 1 N–H and O–H groups in total. The molecule has 30 heavy (non-hydrogen) atoms. The Labute approximate surface area is 181 Å². The fourth-order valence-electron chi connectivity index (χ4n) is 3.91. The van der Waals surface area contributed by atoms with Crippen molar-refractivity contribution in [2.75, 3.05) is 13.1 Å². The third kappa shape index (κ3) is 4.75. The number of hydrogen-bond donors (Lipinski definition) is 1. The van der Waals surface area contributed by atoms with E-state index >= 15 is 0 Å². The van der Waals surface area contributed by atoms with Crippen LogP contribution in [0.15, 0.2) is 40.9 Å². The Morgan fingerprint density at radius 2 is 2.23 bits per heavy atom. The summed E-state index contributed by atoms with van der Waals surface area (Å²) in [6.45, 7) is 3.49. The summed E-state index contributed by atoms with van der Waals surface area (Å²) >= 11 is 6.26. The summed E-state index contributed by atoms with van der Waals surface area (Å²) in [6.07, 6.45) is 7.38. The minimum Gasteiger partial charge on any atom is -0.445 e. The number of halogens is 1. The van der Waals surface area contributed by atoms with Crippen molar-refractivity contribution in [2.45, 2.75) is 51.4 Å². The van der Waals surface area contributed by atoms with Gasteiger partial charge in [-0.3, -0.25) is 9.89 Å². The van der Waals surface area contributed by atoms with E-state index in [1.807, 2.05) is 35.2 Å². The highest BCUT2D eigenvalue weighted by Gasteiger charge is 2.29. The van der Waals surface area contributed by atoms with Gasteiger partial charge in [-0.2, -0.15) is 5.10 Å². The van der Waals surface area contributed by atoms with Crippen molar-refractivity contribution in [3.05, 3.63) is 70.2 Å². The Morgan fingerprint density at radius 1 is 1.37 bits per heavy atom. The fraction of sp³-hybridized carbons (Fsp3) is 0.435. The van der Waals surface area contributed by atoms with Crippen molar-refractivity contribution in [2.24, 2.45) is 0 Å². The lowest BCUT2D eigenvalue weighted by Gasteiger charge is -2.30. The highest BCUT2D eigenvalue weighted by molar-refractivity contribution is 6.31. The van der Waals surface area contributed by atoms with E-state index in [0.29, 0.717) is 24.6 Å². The number of oxazole rings is 1. The molecule has 1 aromatic carbocycles. The minimum absolute atomic E-state index is 0.0263.